The van der Waals surface area contributed by atoms with Crippen molar-refractivity contribution in [1.29, 1.82) is 0 Å². The third kappa shape index (κ3) is 3.10. The van der Waals surface area contributed by atoms with Gasteiger partial charge in [0, 0.05) is 12.1 Å². The average Bonchev–Trinajstić information content (AvgIpc) is 3.12. The molecule has 2 fully saturated rings. The molecule has 1 aromatic carbocycles. The third-order valence-electron chi connectivity index (χ3n) is 4.40. The molecule has 0 amide bonds. The molecule has 0 spiro atoms. The predicted molar refractivity (Wildman–Crippen MR) is 77.3 cm³/mol. The van der Waals surface area contributed by atoms with E-state index in [1.807, 2.05) is 0 Å². The van der Waals surface area contributed by atoms with Gasteiger partial charge < -0.3 is 15.8 Å². The van der Waals surface area contributed by atoms with Crippen molar-refractivity contribution in [3.8, 4) is 5.75 Å². The number of rotatable bonds is 4. The van der Waals surface area contributed by atoms with E-state index in [1.54, 1.807) is 0 Å². The molecule has 1 aromatic rings. The number of ether oxygens (including phenoxy) is 1. The maximum Gasteiger partial charge on any atom is 0.119 e. The maximum absolute atomic E-state index is 6.31. The SMILES string of the molecule is NC(c1ccc(OC2CCCC2)cc1)C1CCCN1. The highest BCUT2D eigenvalue weighted by atomic mass is 16.5. The molecule has 3 N–H and O–H groups in total. The van der Waals surface area contributed by atoms with Gasteiger partial charge in [0.15, 0.2) is 0 Å². The summed E-state index contributed by atoms with van der Waals surface area (Å²) in [7, 11) is 0. The van der Waals surface area contributed by atoms with Gasteiger partial charge in [-0.2, -0.15) is 0 Å². The van der Waals surface area contributed by atoms with E-state index in [4.69, 9.17) is 10.5 Å². The van der Waals surface area contributed by atoms with Crippen LogP contribution in [0.1, 0.15) is 50.1 Å². The van der Waals surface area contributed by atoms with Crippen molar-refractivity contribution >= 4 is 0 Å². The molecule has 1 saturated heterocycles. The van der Waals surface area contributed by atoms with Gasteiger partial charge in [-0.3, -0.25) is 0 Å². The zero-order valence-electron chi connectivity index (χ0n) is 11.5. The van der Waals surface area contributed by atoms with Crippen LogP contribution in [-0.2, 0) is 0 Å². The van der Waals surface area contributed by atoms with E-state index < -0.39 is 0 Å². The molecule has 0 radical (unpaired) electrons. The van der Waals surface area contributed by atoms with Crippen molar-refractivity contribution < 1.29 is 4.74 Å². The van der Waals surface area contributed by atoms with Crippen LogP contribution in [0.2, 0.25) is 0 Å². The van der Waals surface area contributed by atoms with Crippen LogP contribution in [0.3, 0.4) is 0 Å². The second-order valence-corrected chi connectivity index (χ2v) is 5.82. The van der Waals surface area contributed by atoms with Crippen molar-refractivity contribution in [2.75, 3.05) is 6.54 Å². The number of nitrogens with one attached hydrogen (secondary N) is 1. The summed E-state index contributed by atoms with van der Waals surface area (Å²) in [5, 5.41) is 3.47. The van der Waals surface area contributed by atoms with Crippen LogP contribution in [0.25, 0.3) is 0 Å². The van der Waals surface area contributed by atoms with Crippen LogP contribution in [0.15, 0.2) is 24.3 Å². The van der Waals surface area contributed by atoms with Crippen LogP contribution in [0.5, 0.6) is 5.75 Å². The van der Waals surface area contributed by atoms with Gasteiger partial charge in [0.25, 0.3) is 0 Å². The largest absolute Gasteiger partial charge is 0.490 e. The lowest BCUT2D eigenvalue weighted by Gasteiger charge is -2.20. The molecular formula is C16H24N2O. The zero-order valence-corrected chi connectivity index (χ0v) is 11.5. The first-order valence-electron chi connectivity index (χ1n) is 7.58. The van der Waals surface area contributed by atoms with Gasteiger partial charge in [0.2, 0.25) is 0 Å². The van der Waals surface area contributed by atoms with Crippen molar-refractivity contribution in [2.45, 2.75) is 56.7 Å². The Morgan fingerprint density at radius 2 is 1.79 bits per heavy atom. The summed E-state index contributed by atoms with van der Waals surface area (Å²) in [5.74, 6) is 0.988. The number of nitrogens with two attached hydrogens (primary N) is 1. The van der Waals surface area contributed by atoms with Crippen molar-refractivity contribution in [3.05, 3.63) is 29.8 Å². The summed E-state index contributed by atoms with van der Waals surface area (Å²) in [4.78, 5) is 0. The highest BCUT2D eigenvalue weighted by molar-refractivity contribution is 5.30. The fraction of sp³-hybridized carbons (Fsp3) is 0.625. The number of benzene rings is 1. The Morgan fingerprint density at radius 3 is 2.42 bits per heavy atom. The summed E-state index contributed by atoms with van der Waals surface area (Å²) in [6.45, 7) is 1.10. The van der Waals surface area contributed by atoms with E-state index >= 15 is 0 Å². The van der Waals surface area contributed by atoms with Gasteiger partial charge >= 0.3 is 0 Å². The molecule has 2 unspecified atom stereocenters. The molecule has 0 aromatic heterocycles. The topological polar surface area (TPSA) is 47.3 Å². The zero-order chi connectivity index (χ0) is 13.1. The molecule has 3 rings (SSSR count). The van der Waals surface area contributed by atoms with Crippen molar-refractivity contribution in [3.63, 3.8) is 0 Å². The standard InChI is InChI=1S/C16H24N2O/c17-16(15-6-3-11-18-15)12-7-9-14(10-8-12)19-13-4-1-2-5-13/h7-10,13,15-16,18H,1-6,11,17H2. The highest BCUT2D eigenvalue weighted by Gasteiger charge is 2.22. The summed E-state index contributed by atoms with van der Waals surface area (Å²) < 4.78 is 5.98. The Balaban J connectivity index is 1.61. The molecule has 0 bridgehead atoms. The van der Waals surface area contributed by atoms with Gasteiger partial charge in [0.05, 0.1) is 6.10 Å². The lowest BCUT2D eigenvalue weighted by atomic mass is 9.99. The van der Waals surface area contributed by atoms with Gasteiger partial charge in [-0.05, 0) is 62.8 Å². The summed E-state index contributed by atoms with van der Waals surface area (Å²) in [6, 6.07) is 8.92. The summed E-state index contributed by atoms with van der Waals surface area (Å²) >= 11 is 0. The fourth-order valence-electron chi connectivity index (χ4n) is 3.22. The minimum atomic E-state index is 0.100. The molecule has 104 valence electrons. The maximum atomic E-state index is 6.31. The second-order valence-electron chi connectivity index (χ2n) is 5.82. The lowest BCUT2D eigenvalue weighted by Crippen LogP contribution is -2.34. The average molecular weight is 260 g/mol. The molecule has 3 heteroatoms. The molecule has 2 aliphatic rings. The first kappa shape index (κ1) is 12.9. The number of hydrogen-bond donors (Lipinski definition) is 2. The molecule has 1 heterocycles. The van der Waals surface area contributed by atoms with E-state index in [9.17, 15) is 0 Å². The minimum absolute atomic E-state index is 0.100. The fourth-order valence-corrected chi connectivity index (χ4v) is 3.22. The molecule has 1 saturated carbocycles. The Morgan fingerprint density at radius 1 is 1.05 bits per heavy atom. The molecule has 19 heavy (non-hydrogen) atoms. The minimum Gasteiger partial charge on any atom is -0.490 e. The van der Waals surface area contributed by atoms with Gasteiger partial charge in [0.1, 0.15) is 5.75 Å². The van der Waals surface area contributed by atoms with Crippen LogP contribution >= 0.6 is 0 Å². The Kier molecular flexibility index (Phi) is 4.04. The Labute approximate surface area is 115 Å². The monoisotopic (exact) mass is 260 g/mol. The number of hydrogen-bond acceptors (Lipinski definition) is 3. The quantitative estimate of drug-likeness (QED) is 0.875. The van der Waals surface area contributed by atoms with Crippen LogP contribution < -0.4 is 15.8 Å². The lowest BCUT2D eigenvalue weighted by molar-refractivity contribution is 0.210. The van der Waals surface area contributed by atoms with E-state index in [1.165, 1.54) is 44.1 Å². The Hall–Kier alpha value is -1.06. The molecule has 3 nitrogen and oxygen atoms in total. The van der Waals surface area contributed by atoms with Crippen molar-refractivity contribution in [1.82, 2.24) is 5.32 Å². The highest BCUT2D eigenvalue weighted by Crippen LogP contribution is 2.26. The van der Waals surface area contributed by atoms with E-state index in [-0.39, 0.29) is 6.04 Å². The first-order chi connectivity index (χ1) is 9.33. The summed E-state index contributed by atoms with van der Waals surface area (Å²) in [5.41, 5.74) is 7.52. The predicted octanol–water partition coefficient (Wildman–Crippen LogP) is 2.76. The van der Waals surface area contributed by atoms with Crippen LogP contribution in [0, 0.1) is 0 Å². The molecular weight excluding hydrogens is 236 g/mol. The summed E-state index contributed by atoms with van der Waals surface area (Å²) in [6.07, 6.45) is 7.86. The molecule has 1 aliphatic heterocycles. The van der Waals surface area contributed by atoms with E-state index in [2.05, 4.69) is 29.6 Å². The second kappa shape index (κ2) is 5.93. The van der Waals surface area contributed by atoms with Gasteiger partial charge in [-0.25, -0.2) is 0 Å². The van der Waals surface area contributed by atoms with E-state index in [0.717, 1.165) is 12.3 Å². The van der Waals surface area contributed by atoms with Gasteiger partial charge in [-0.15, -0.1) is 0 Å². The third-order valence-corrected chi connectivity index (χ3v) is 4.40. The van der Waals surface area contributed by atoms with E-state index in [0.29, 0.717) is 12.1 Å². The van der Waals surface area contributed by atoms with Crippen LogP contribution in [0.4, 0.5) is 0 Å². The smallest absolute Gasteiger partial charge is 0.119 e. The normalized spacial score (nSPS) is 25.6. The molecule has 2 atom stereocenters. The Bertz CT molecular complexity index is 392. The van der Waals surface area contributed by atoms with Crippen LogP contribution in [-0.4, -0.2) is 18.7 Å². The van der Waals surface area contributed by atoms with Gasteiger partial charge in [-0.1, -0.05) is 12.1 Å². The van der Waals surface area contributed by atoms with Crippen molar-refractivity contribution in [2.24, 2.45) is 5.73 Å². The molecule has 1 aliphatic carbocycles. The first-order valence-corrected chi connectivity index (χ1v) is 7.58.